The maximum absolute atomic E-state index is 11.9. The summed E-state index contributed by atoms with van der Waals surface area (Å²) in [5.41, 5.74) is 4.68. The monoisotopic (exact) mass is 379 g/mol. The Morgan fingerprint density at radius 2 is 1.46 bits per heavy atom. The first-order valence-corrected chi connectivity index (χ1v) is 10.1. The number of carbonyl (C=O) groups is 2. The van der Waals surface area contributed by atoms with E-state index in [2.05, 4.69) is 39.8 Å². The third kappa shape index (κ3) is 5.84. The fourth-order valence-corrected chi connectivity index (χ4v) is 3.39. The van der Waals surface area contributed by atoms with Gasteiger partial charge < -0.3 is 15.5 Å². The van der Waals surface area contributed by atoms with Gasteiger partial charge in [0, 0.05) is 31.9 Å². The molecule has 0 aliphatic carbocycles. The summed E-state index contributed by atoms with van der Waals surface area (Å²) in [7, 11) is 0. The summed E-state index contributed by atoms with van der Waals surface area (Å²) in [5, 5.41) is 5.35. The summed E-state index contributed by atoms with van der Waals surface area (Å²) in [4.78, 5) is 26.2. The standard InChI is InChI=1S/C23H29N3O2/c1-18-6-8-20(9-7-18)17-25-23(28)22(27)24-14-4-5-19-10-12-21(13-11-19)26-15-2-3-16-26/h6-13H,2-5,14-17H2,1H3,(H,24,27)(H,25,28). The van der Waals surface area contributed by atoms with E-state index in [-0.39, 0.29) is 0 Å². The Hall–Kier alpha value is -2.82. The van der Waals surface area contributed by atoms with Gasteiger partial charge in [0.05, 0.1) is 0 Å². The lowest BCUT2D eigenvalue weighted by molar-refractivity contribution is -0.139. The van der Waals surface area contributed by atoms with Crippen LogP contribution in [0.3, 0.4) is 0 Å². The van der Waals surface area contributed by atoms with E-state index in [0.29, 0.717) is 13.1 Å². The number of rotatable bonds is 7. The Labute approximate surface area is 167 Å². The molecular formula is C23H29N3O2. The van der Waals surface area contributed by atoms with Crippen LogP contribution in [0.2, 0.25) is 0 Å². The number of carbonyl (C=O) groups excluding carboxylic acids is 2. The van der Waals surface area contributed by atoms with E-state index in [9.17, 15) is 9.59 Å². The molecule has 5 heteroatoms. The summed E-state index contributed by atoms with van der Waals surface area (Å²) in [6.07, 6.45) is 4.24. The zero-order valence-corrected chi connectivity index (χ0v) is 16.5. The van der Waals surface area contributed by atoms with Crippen LogP contribution in [-0.2, 0) is 22.6 Å². The number of benzene rings is 2. The molecule has 2 aromatic rings. The minimum absolute atomic E-state index is 0.357. The molecule has 0 aromatic heterocycles. The van der Waals surface area contributed by atoms with Gasteiger partial charge in [0.1, 0.15) is 0 Å². The Balaban J connectivity index is 1.33. The fraction of sp³-hybridized carbons (Fsp3) is 0.391. The van der Waals surface area contributed by atoms with Crippen molar-refractivity contribution in [2.75, 3.05) is 24.5 Å². The Bertz CT molecular complexity index is 778. The van der Waals surface area contributed by atoms with Gasteiger partial charge in [0.25, 0.3) is 0 Å². The summed E-state index contributed by atoms with van der Waals surface area (Å²) < 4.78 is 0. The number of anilines is 1. The molecular weight excluding hydrogens is 350 g/mol. The SMILES string of the molecule is Cc1ccc(CNC(=O)C(=O)NCCCc2ccc(N3CCCC3)cc2)cc1. The summed E-state index contributed by atoms with van der Waals surface area (Å²) in [6, 6.07) is 16.5. The molecule has 1 saturated heterocycles. The lowest BCUT2D eigenvalue weighted by atomic mass is 10.1. The Morgan fingerprint density at radius 1 is 0.857 bits per heavy atom. The van der Waals surface area contributed by atoms with Gasteiger partial charge in [0.15, 0.2) is 0 Å². The highest BCUT2D eigenvalue weighted by atomic mass is 16.2. The highest BCUT2D eigenvalue weighted by Gasteiger charge is 2.13. The average molecular weight is 380 g/mol. The van der Waals surface area contributed by atoms with Gasteiger partial charge in [-0.1, -0.05) is 42.0 Å². The van der Waals surface area contributed by atoms with Crippen LogP contribution in [0.4, 0.5) is 5.69 Å². The van der Waals surface area contributed by atoms with Crippen LogP contribution in [0.15, 0.2) is 48.5 Å². The fourth-order valence-electron chi connectivity index (χ4n) is 3.39. The minimum atomic E-state index is -0.587. The molecule has 0 bridgehead atoms. The van der Waals surface area contributed by atoms with Crippen LogP contribution in [0.1, 0.15) is 36.0 Å². The molecule has 2 amide bonds. The highest BCUT2D eigenvalue weighted by molar-refractivity contribution is 6.35. The molecule has 0 spiro atoms. The van der Waals surface area contributed by atoms with Gasteiger partial charge in [-0.05, 0) is 55.9 Å². The smallest absolute Gasteiger partial charge is 0.309 e. The average Bonchev–Trinajstić information content (AvgIpc) is 3.25. The number of nitrogens with one attached hydrogen (secondary N) is 2. The topological polar surface area (TPSA) is 61.4 Å². The van der Waals surface area contributed by atoms with Crippen molar-refractivity contribution in [3.05, 3.63) is 65.2 Å². The molecule has 2 aromatic carbocycles. The van der Waals surface area contributed by atoms with Crippen molar-refractivity contribution in [2.24, 2.45) is 0 Å². The summed E-state index contributed by atoms with van der Waals surface area (Å²) in [6.45, 7) is 5.16. The molecule has 148 valence electrons. The number of hydrogen-bond acceptors (Lipinski definition) is 3. The molecule has 1 fully saturated rings. The van der Waals surface area contributed by atoms with Gasteiger partial charge in [-0.3, -0.25) is 9.59 Å². The van der Waals surface area contributed by atoms with Crippen LogP contribution in [0.5, 0.6) is 0 Å². The lowest BCUT2D eigenvalue weighted by Gasteiger charge is -2.17. The molecule has 28 heavy (non-hydrogen) atoms. The third-order valence-electron chi connectivity index (χ3n) is 5.12. The van der Waals surface area contributed by atoms with E-state index in [1.807, 2.05) is 31.2 Å². The van der Waals surface area contributed by atoms with Crippen LogP contribution < -0.4 is 15.5 Å². The molecule has 2 N–H and O–H groups in total. The van der Waals surface area contributed by atoms with Crippen LogP contribution >= 0.6 is 0 Å². The highest BCUT2D eigenvalue weighted by Crippen LogP contribution is 2.20. The van der Waals surface area contributed by atoms with Crippen molar-refractivity contribution >= 4 is 17.5 Å². The van der Waals surface area contributed by atoms with Gasteiger partial charge in [-0.25, -0.2) is 0 Å². The zero-order valence-electron chi connectivity index (χ0n) is 16.5. The lowest BCUT2D eigenvalue weighted by Crippen LogP contribution is -2.40. The van der Waals surface area contributed by atoms with Crippen molar-refractivity contribution in [2.45, 2.75) is 39.2 Å². The van der Waals surface area contributed by atoms with Gasteiger partial charge >= 0.3 is 11.8 Å². The van der Waals surface area contributed by atoms with Crippen molar-refractivity contribution in [1.29, 1.82) is 0 Å². The predicted molar refractivity (Wildman–Crippen MR) is 112 cm³/mol. The molecule has 1 aliphatic rings. The van der Waals surface area contributed by atoms with Crippen LogP contribution in [-0.4, -0.2) is 31.4 Å². The Kier molecular flexibility index (Phi) is 7.06. The Morgan fingerprint density at radius 3 is 2.14 bits per heavy atom. The molecule has 1 aliphatic heterocycles. The normalized spacial score (nSPS) is 13.4. The minimum Gasteiger partial charge on any atom is -0.372 e. The molecule has 5 nitrogen and oxygen atoms in total. The predicted octanol–water partition coefficient (Wildman–Crippen LogP) is 2.96. The molecule has 0 atom stereocenters. The zero-order chi connectivity index (χ0) is 19.8. The molecule has 0 radical (unpaired) electrons. The molecule has 0 saturated carbocycles. The molecule has 1 heterocycles. The van der Waals surface area contributed by atoms with E-state index in [4.69, 9.17) is 0 Å². The number of aryl methyl sites for hydroxylation is 2. The van der Waals surface area contributed by atoms with Crippen molar-refractivity contribution in [3.63, 3.8) is 0 Å². The number of nitrogens with zero attached hydrogens (tertiary/aromatic N) is 1. The van der Waals surface area contributed by atoms with Gasteiger partial charge in [0.2, 0.25) is 0 Å². The molecule has 3 rings (SSSR count). The van der Waals surface area contributed by atoms with E-state index in [1.54, 1.807) is 0 Å². The van der Waals surface area contributed by atoms with E-state index >= 15 is 0 Å². The van der Waals surface area contributed by atoms with E-state index < -0.39 is 11.8 Å². The van der Waals surface area contributed by atoms with Crippen molar-refractivity contribution in [1.82, 2.24) is 10.6 Å². The number of amides is 2. The maximum atomic E-state index is 11.9. The number of hydrogen-bond donors (Lipinski definition) is 2. The van der Waals surface area contributed by atoms with E-state index in [1.165, 1.54) is 29.7 Å². The second kappa shape index (κ2) is 9.93. The van der Waals surface area contributed by atoms with E-state index in [0.717, 1.165) is 31.5 Å². The quantitative estimate of drug-likeness (QED) is 0.574. The summed E-state index contributed by atoms with van der Waals surface area (Å²) >= 11 is 0. The van der Waals surface area contributed by atoms with Crippen molar-refractivity contribution < 1.29 is 9.59 Å². The van der Waals surface area contributed by atoms with Gasteiger partial charge in [-0.2, -0.15) is 0 Å². The van der Waals surface area contributed by atoms with Crippen LogP contribution in [0, 0.1) is 6.92 Å². The summed E-state index contributed by atoms with van der Waals surface area (Å²) in [5.74, 6) is -1.16. The largest absolute Gasteiger partial charge is 0.372 e. The first kappa shape index (κ1) is 19.9. The van der Waals surface area contributed by atoms with Gasteiger partial charge in [-0.15, -0.1) is 0 Å². The van der Waals surface area contributed by atoms with Crippen molar-refractivity contribution in [3.8, 4) is 0 Å². The second-order valence-electron chi connectivity index (χ2n) is 7.39. The maximum Gasteiger partial charge on any atom is 0.309 e. The third-order valence-corrected chi connectivity index (χ3v) is 5.12. The van der Waals surface area contributed by atoms with Crippen LogP contribution in [0.25, 0.3) is 0 Å². The first-order chi connectivity index (χ1) is 13.6. The second-order valence-corrected chi connectivity index (χ2v) is 7.39. The first-order valence-electron chi connectivity index (χ1n) is 10.1. The molecule has 0 unspecified atom stereocenters.